The predicted octanol–water partition coefficient (Wildman–Crippen LogP) is 0.911. The van der Waals surface area contributed by atoms with E-state index in [9.17, 15) is 9.59 Å². The number of rotatable bonds is 9. The minimum atomic E-state index is -1.28. The van der Waals surface area contributed by atoms with Crippen LogP contribution in [0.2, 0.25) is 0 Å². The summed E-state index contributed by atoms with van der Waals surface area (Å²) in [6.07, 6.45) is 5.64. The van der Waals surface area contributed by atoms with E-state index in [1.807, 2.05) is 0 Å². The maximum Gasteiger partial charge on any atom is 1.00 e. The van der Waals surface area contributed by atoms with Gasteiger partial charge in [0.2, 0.25) is 0 Å². The molecule has 114 valence electrons. The number of unbranched alkanes of at least 4 members (excludes halogenated alkanes) is 3. The van der Waals surface area contributed by atoms with E-state index >= 15 is 0 Å². The van der Waals surface area contributed by atoms with Gasteiger partial charge in [0, 0.05) is 0 Å². The second kappa shape index (κ2) is 11.2. The van der Waals surface area contributed by atoms with E-state index < -0.39 is 17.9 Å². The summed E-state index contributed by atoms with van der Waals surface area (Å²) in [4.78, 5) is 22.0. The minimum absolute atomic E-state index is 0. The molecule has 0 rings (SSSR count). The predicted molar refractivity (Wildman–Crippen MR) is 76.2 cm³/mol. The second-order valence-electron chi connectivity index (χ2n) is 6.38. The molecule has 0 amide bonds. The molecule has 0 aromatic rings. The Morgan fingerprint density at radius 1 is 1.05 bits per heavy atom. The molecule has 0 aliphatic carbocycles. The van der Waals surface area contributed by atoms with Crippen molar-refractivity contribution >= 4 is 11.9 Å². The maximum absolute atomic E-state index is 11.0. The Kier molecular flexibility index (Phi) is 12.8. The fourth-order valence-electron chi connectivity index (χ4n) is 2.31. The summed E-state index contributed by atoms with van der Waals surface area (Å²) < 4.78 is 0. The third kappa shape index (κ3) is 9.50. The van der Waals surface area contributed by atoms with E-state index in [0.717, 1.165) is 25.7 Å². The standard InChI is InChI=1S/C15H28O4.K.H/c1-5-6-7-8-9-11(15(2,3)4)10-12(13(16)17)14(18)19;;/h11-12H,5-10H2,1-4H3,(H,16,17)(H,18,19);;/q;+1;-1. The van der Waals surface area contributed by atoms with Crippen LogP contribution in [0.25, 0.3) is 0 Å². The monoisotopic (exact) mass is 312 g/mol. The smallest absolute Gasteiger partial charge is 1.00 e. The van der Waals surface area contributed by atoms with Crippen LogP contribution >= 0.6 is 0 Å². The van der Waals surface area contributed by atoms with Crippen LogP contribution < -0.4 is 51.4 Å². The van der Waals surface area contributed by atoms with Gasteiger partial charge < -0.3 is 11.6 Å². The largest absolute Gasteiger partial charge is 1.00 e. The van der Waals surface area contributed by atoms with E-state index in [0.29, 0.717) is 0 Å². The third-order valence-corrected chi connectivity index (χ3v) is 3.75. The van der Waals surface area contributed by atoms with Crippen LogP contribution in [0.5, 0.6) is 0 Å². The zero-order valence-corrected chi connectivity index (χ0v) is 16.7. The first-order valence-corrected chi connectivity index (χ1v) is 7.15. The fourth-order valence-corrected chi connectivity index (χ4v) is 2.31. The van der Waals surface area contributed by atoms with Gasteiger partial charge in [-0.1, -0.05) is 53.4 Å². The van der Waals surface area contributed by atoms with Gasteiger partial charge in [0.25, 0.3) is 0 Å². The molecule has 0 saturated carbocycles. The van der Waals surface area contributed by atoms with Crippen molar-refractivity contribution in [2.45, 2.75) is 66.2 Å². The zero-order chi connectivity index (χ0) is 15.1. The maximum atomic E-state index is 11.0. The number of carbonyl (C=O) groups is 2. The van der Waals surface area contributed by atoms with E-state index in [1.54, 1.807) is 0 Å². The Bertz CT molecular complexity index is 289. The Balaban J connectivity index is -0.00000162. The number of aliphatic carboxylic acids is 2. The van der Waals surface area contributed by atoms with E-state index in [-0.39, 0.29) is 70.6 Å². The molecule has 0 radical (unpaired) electrons. The summed E-state index contributed by atoms with van der Waals surface area (Å²) in [7, 11) is 0. The van der Waals surface area contributed by atoms with Gasteiger partial charge in [-0.15, -0.1) is 0 Å². The van der Waals surface area contributed by atoms with Crippen LogP contribution in [-0.2, 0) is 9.59 Å². The van der Waals surface area contributed by atoms with Gasteiger partial charge in [-0.2, -0.15) is 0 Å². The summed E-state index contributed by atoms with van der Waals surface area (Å²) in [5, 5.41) is 18.0. The first-order chi connectivity index (χ1) is 8.70. The molecule has 5 heteroatoms. The molecule has 0 heterocycles. The molecule has 0 spiro atoms. The number of carboxylic acids is 2. The summed E-state index contributed by atoms with van der Waals surface area (Å²) in [6.45, 7) is 8.31. The van der Waals surface area contributed by atoms with Crippen molar-refractivity contribution in [3.8, 4) is 0 Å². The average Bonchev–Trinajstić information content (AvgIpc) is 2.25. The molecule has 0 bridgehead atoms. The van der Waals surface area contributed by atoms with Crippen molar-refractivity contribution in [3.05, 3.63) is 0 Å². The van der Waals surface area contributed by atoms with Crippen LogP contribution in [0, 0.1) is 17.3 Å². The molecule has 4 nitrogen and oxygen atoms in total. The van der Waals surface area contributed by atoms with Gasteiger partial charge in [0.15, 0.2) is 5.92 Å². The molecule has 0 aliphatic rings. The van der Waals surface area contributed by atoms with Crippen LogP contribution in [0.15, 0.2) is 0 Å². The van der Waals surface area contributed by atoms with Crippen LogP contribution in [0.4, 0.5) is 0 Å². The normalized spacial score (nSPS) is 12.8. The molecular weight excluding hydrogens is 283 g/mol. The van der Waals surface area contributed by atoms with Gasteiger partial charge in [-0.25, -0.2) is 0 Å². The van der Waals surface area contributed by atoms with Gasteiger partial charge in [-0.05, 0) is 24.2 Å². The molecule has 1 atom stereocenters. The first kappa shape index (κ1) is 22.9. The third-order valence-electron chi connectivity index (χ3n) is 3.75. The van der Waals surface area contributed by atoms with Crippen LogP contribution in [0.1, 0.15) is 67.6 Å². The first-order valence-electron chi connectivity index (χ1n) is 7.15. The molecule has 20 heavy (non-hydrogen) atoms. The van der Waals surface area contributed by atoms with Crippen molar-refractivity contribution < 1.29 is 72.6 Å². The number of hydrogen-bond donors (Lipinski definition) is 2. The van der Waals surface area contributed by atoms with Gasteiger partial charge >= 0.3 is 63.3 Å². The second-order valence-corrected chi connectivity index (χ2v) is 6.38. The topological polar surface area (TPSA) is 74.6 Å². The summed E-state index contributed by atoms with van der Waals surface area (Å²) in [5.74, 6) is -3.61. The molecule has 0 fully saturated rings. The molecule has 2 N–H and O–H groups in total. The quantitative estimate of drug-likeness (QED) is 0.377. The Labute approximate surface area is 166 Å². The Morgan fingerprint density at radius 2 is 1.55 bits per heavy atom. The van der Waals surface area contributed by atoms with E-state index in [1.165, 1.54) is 6.42 Å². The molecule has 0 saturated heterocycles. The van der Waals surface area contributed by atoms with Gasteiger partial charge in [0.05, 0.1) is 0 Å². The van der Waals surface area contributed by atoms with Crippen molar-refractivity contribution in [3.63, 3.8) is 0 Å². The average molecular weight is 312 g/mol. The molecule has 0 aromatic heterocycles. The number of hydrogen-bond acceptors (Lipinski definition) is 2. The number of carboxylic acid groups (broad SMARTS) is 2. The summed E-state index contributed by atoms with van der Waals surface area (Å²) in [6, 6.07) is 0. The van der Waals surface area contributed by atoms with Crippen molar-refractivity contribution in [2.75, 3.05) is 0 Å². The Hall–Kier alpha value is 0.576. The van der Waals surface area contributed by atoms with Crippen LogP contribution in [0.3, 0.4) is 0 Å². The molecule has 0 aromatic carbocycles. The summed E-state index contributed by atoms with van der Waals surface area (Å²) in [5.41, 5.74) is -0.0602. The van der Waals surface area contributed by atoms with Crippen molar-refractivity contribution in [1.29, 1.82) is 0 Å². The molecular formula is C15H29KO4. The van der Waals surface area contributed by atoms with Gasteiger partial charge in [-0.3, -0.25) is 9.59 Å². The fraction of sp³-hybridized carbons (Fsp3) is 0.867. The van der Waals surface area contributed by atoms with Crippen molar-refractivity contribution in [2.24, 2.45) is 17.3 Å². The van der Waals surface area contributed by atoms with E-state index in [4.69, 9.17) is 10.2 Å². The molecule has 1 unspecified atom stereocenters. The zero-order valence-electron chi connectivity index (χ0n) is 14.6. The Morgan fingerprint density at radius 3 is 1.90 bits per heavy atom. The van der Waals surface area contributed by atoms with E-state index in [2.05, 4.69) is 27.7 Å². The molecule has 0 aliphatic heterocycles. The minimum Gasteiger partial charge on any atom is -1.00 e. The van der Waals surface area contributed by atoms with Crippen LogP contribution in [-0.4, -0.2) is 22.2 Å². The van der Waals surface area contributed by atoms with Gasteiger partial charge in [0.1, 0.15) is 0 Å². The SMILES string of the molecule is CCCCCCC(CC(C(=O)O)C(=O)O)C(C)(C)C.[H-].[K+]. The van der Waals surface area contributed by atoms with Crippen molar-refractivity contribution in [1.82, 2.24) is 0 Å². The summed E-state index contributed by atoms with van der Waals surface area (Å²) >= 11 is 0.